The van der Waals surface area contributed by atoms with Crippen LogP contribution in [-0.2, 0) is 10.0 Å². The Balaban J connectivity index is 1.86. The first kappa shape index (κ1) is 26.8. The molecule has 0 saturated carbocycles. The Labute approximate surface area is 206 Å². The van der Waals surface area contributed by atoms with Crippen molar-refractivity contribution in [2.24, 2.45) is 0 Å². The number of rotatable bonds is 9. The predicted octanol–water partition coefficient (Wildman–Crippen LogP) is 3.88. The Kier molecular flexibility index (Phi) is 7.68. The van der Waals surface area contributed by atoms with Crippen molar-refractivity contribution in [1.82, 2.24) is 19.6 Å². The summed E-state index contributed by atoms with van der Waals surface area (Å²) in [7, 11) is -3.60. The van der Waals surface area contributed by atoms with Crippen LogP contribution in [0, 0.1) is 10.1 Å². The van der Waals surface area contributed by atoms with Gasteiger partial charge in [-0.05, 0) is 64.8 Å². The number of nitro groups is 1. The molecule has 0 bridgehead atoms. The van der Waals surface area contributed by atoms with Crippen molar-refractivity contribution in [2.75, 3.05) is 23.7 Å². The van der Waals surface area contributed by atoms with Gasteiger partial charge in [0.25, 0.3) is 0 Å². The normalized spacial score (nSPS) is 17.8. The van der Waals surface area contributed by atoms with E-state index in [0.29, 0.717) is 18.8 Å². The summed E-state index contributed by atoms with van der Waals surface area (Å²) in [4.78, 5) is 19.9. The van der Waals surface area contributed by atoms with Crippen LogP contribution in [-0.4, -0.2) is 57.8 Å². The molecule has 1 saturated heterocycles. The number of aromatic nitrogens is 2. The van der Waals surface area contributed by atoms with Gasteiger partial charge in [0.15, 0.2) is 0 Å². The minimum Gasteiger partial charge on any atom is -0.361 e. The van der Waals surface area contributed by atoms with Gasteiger partial charge in [-0.3, -0.25) is 10.1 Å². The average molecular weight is 506 g/mol. The van der Waals surface area contributed by atoms with E-state index in [4.69, 9.17) is 0 Å². The van der Waals surface area contributed by atoms with Crippen molar-refractivity contribution < 1.29 is 13.3 Å². The standard InChI is InChI=1S/C23H35N7O4S/c1-7-29(8-2)35(33,34)18-11-9-16(10-12-18)26-20-19(30(31)32)21(25-15-24-20)27-17-13-22(3,4)28-23(5,6)14-17/h9-12,15,17,28H,7-8,13-14H2,1-6H3,(H2,24,25,26,27). The molecule has 35 heavy (non-hydrogen) atoms. The lowest BCUT2D eigenvalue weighted by Crippen LogP contribution is -2.60. The van der Waals surface area contributed by atoms with Crippen molar-refractivity contribution in [2.45, 2.75) is 76.4 Å². The molecule has 11 nitrogen and oxygen atoms in total. The maximum atomic E-state index is 12.7. The zero-order valence-electron chi connectivity index (χ0n) is 21.1. The van der Waals surface area contributed by atoms with Crippen LogP contribution in [0.3, 0.4) is 0 Å². The van der Waals surface area contributed by atoms with E-state index >= 15 is 0 Å². The van der Waals surface area contributed by atoms with Gasteiger partial charge in [-0.1, -0.05) is 13.8 Å². The maximum Gasteiger partial charge on any atom is 0.353 e. The summed E-state index contributed by atoms with van der Waals surface area (Å²) in [6, 6.07) is 6.05. The highest BCUT2D eigenvalue weighted by Gasteiger charge is 2.38. The molecule has 1 fully saturated rings. The van der Waals surface area contributed by atoms with Crippen LogP contribution in [0.1, 0.15) is 54.4 Å². The molecule has 3 rings (SSSR count). The lowest BCUT2D eigenvalue weighted by Gasteiger charge is -2.46. The van der Waals surface area contributed by atoms with Gasteiger partial charge in [0, 0.05) is 35.9 Å². The molecule has 0 aliphatic carbocycles. The SMILES string of the molecule is CCN(CC)S(=O)(=O)c1ccc(Nc2ncnc(NC3CC(C)(C)NC(C)(C)C3)c2[N+](=O)[O-])cc1. The van der Waals surface area contributed by atoms with Crippen molar-refractivity contribution >= 4 is 33.0 Å². The third kappa shape index (κ3) is 6.24. The summed E-state index contributed by atoms with van der Waals surface area (Å²) >= 11 is 0. The third-order valence-electron chi connectivity index (χ3n) is 6.00. The van der Waals surface area contributed by atoms with Gasteiger partial charge in [0.2, 0.25) is 21.7 Å². The monoisotopic (exact) mass is 505 g/mol. The van der Waals surface area contributed by atoms with E-state index in [0.717, 1.165) is 12.8 Å². The molecule has 1 aromatic heterocycles. The third-order valence-corrected chi connectivity index (χ3v) is 8.06. The molecule has 3 N–H and O–H groups in total. The molecule has 0 unspecified atom stereocenters. The Morgan fingerprint density at radius 2 is 1.60 bits per heavy atom. The van der Waals surface area contributed by atoms with Crippen molar-refractivity contribution in [3.63, 3.8) is 0 Å². The van der Waals surface area contributed by atoms with E-state index in [1.165, 1.54) is 22.8 Å². The molecule has 0 atom stereocenters. The predicted molar refractivity (Wildman–Crippen MR) is 136 cm³/mol. The molecule has 0 spiro atoms. The van der Waals surface area contributed by atoms with Gasteiger partial charge in [0.1, 0.15) is 6.33 Å². The fourth-order valence-corrected chi connectivity index (χ4v) is 6.38. The lowest BCUT2D eigenvalue weighted by molar-refractivity contribution is -0.383. The minimum atomic E-state index is -3.60. The van der Waals surface area contributed by atoms with Gasteiger partial charge in [-0.2, -0.15) is 4.31 Å². The molecule has 12 heteroatoms. The van der Waals surface area contributed by atoms with E-state index in [1.54, 1.807) is 26.0 Å². The van der Waals surface area contributed by atoms with E-state index in [2.05, 4.69) is 53.6 Å². The topological polar surface area (TPSA) is 142 Å². The highest BCUT2D eigenvalue weighted by molar-refractivity contribution is 7.89. The van der Waals surface area contributed by atoms with E-state index < -0.39 is 14.9 Å². The Morgan fingerprint density at radius 1 is 1.06 bits per heavy atom. The first-order valence-corrected chi connectivity index (χ1v) is 13.1. The van der Waals surface area contributed by atoms with Gasteiger partial charge in [-0.25, -0.2) is 18.4 Å². The number of piperidine rings is 1. The Bertz CT molecular complexity index is 1150. The molecule has 2 aromatic rings. The molecule has 0 radical (unpaired) electrons. The second-order valence-corrected chi connectivity index (χ2v) is 12.0. The molecular formula is C23H35N7O4S. The van der Waals surface area contributed by atoms with Gasteiger partial charge >= 0.3 is 5.69 Å². The summed E-state index contributed by atoms with van der Waals surface area (Å²) in [5.74, 6) is 0.172. The summed E-state index contributed by atoms with van der Waals surface area (Å²) < 4.78 is 26.8. The van der Waals surface area contributed by atoms with Crippen LogP contribution in [0.2, 0.25) is 0 Å². The first-order valence-electron chi connectivity index (χ1n) is 11.7. The number of hydrogen-bond acceptors (Lipinski definition) is 9. The zero-order valence-corrected chi connectivity index (χ0v) is 21.9. The molecule has 1 aliphatic heterocycles. The van der Waals surface area contributed by atoms with Gasteiger partial charge in [0.05, 0.1) is 9.82 Å². The van der Waals surface area contributed by atoms with Crippen molar-refractivity contribution in [1.29, 1.82) is 0 Å². The zero-order chi connectivity index (χ0) is 26.0. The number of nitrogens with zero attached hydrogens (tertiary/aromatic N) is 4. The fourth-order valence-electron chi connectivity index (χ4n) is 4.93. The van der Waals surface area contributed by atoms with E-state index in [-0.39, 0.29) is 39.3 Å². The van der Waals surface area contributed by atoms with Crippen LogP contribution in [0.25, 0.3) is 0 Å². The number of anilines is 3. The maximum absolute atomic E-state index is 12.7. The number of nitrogens with one attached hydrogen (secondary N) is 3. The summed E-state index contributed by atoms with van der Waals surface area (Å²) in [5.41, 5.74) is -0.0766. The molecular weight excluding hydrogens is 470 g/mol. The molecule has 2 heterocycles. The lowest BCUT2D eigenvalue weighted by atomic mass is 9.79. The summed E-state index contributed by atoms with van der Waals surface area (Å²) in [6.07, 6.45) is 2.81. The quantitative estimate of drug-likeness (QED) is 0.342. The summed E-state index contributed by atoms with van der Waals surface area (Å²) in [6.45, 7) is 12.7. The minimum absolute atomic E-state index is 0.0210. The van der Waals surface area contributed by atoms with E-state index in [9.17, 15) is 18.5 Å². The number of sulfonamides is 1. The Hall–Kier alpha value is -2.83. The molecule has 0 amide bonds. The Morgan fingerprint density at radius 3 is 2.11 bits per heavy atom. The van der Waals surface area contributed by atoms with E-state index in [1.807, 2.05) is 0 Å². The molecule has 1 aromatic carbocycles. The highest BCUT2D eigenvalue weighted by atomic mass is 32.2. The first-order chi connectivity index (χ1) is 16.3. The number of benzene rings is 1. The smallest absolute Gasteiger partial charge is 0.353 e. The second kappa shape index (κ2) is 10.0. The number of hydrogen-bond donors (Lipinski definition) is 3. The van der Waals surface area contributed by atoms with Crippen LogP contribution in [0.15, 0.2) is 35.5 Å². The van der Waals surface area contributed by atoms with Crippen LogP contribution in [0.5, 0.6) is 0 Å². The largest absolute Gasteiger partial charge is 0.361 e. The van der Waals surface area contributed by atoms with Crippen LogP contribution < -0.4 is 16.0 Å². The van der Waals surface area contributed by atoms with Crippen LogP contribution in [0.4, 0.5) is 23.0 Å². The highest BCUT2D eigenvalue weighted by Crippen LogP contribution is 2.35. The van der Waals surface area contributed by atoms with Gasteiger partial charge < -0.3 is 16.0 Å². The van der Waals surface area contributed by atoms with Gasteiger partial charge in [-0.15, -0.1) is 0 Å². The molecule has 1 aliphatic rings. The summed E-state index contributed by atoms with van der Waals surface area (Å²) in [5, 5.41) is 21.8. The average Bonchev–Trinajstić information content (AvgIpc) is 2.72. The second-order valence-electron chi connectivity index (χ2n) is 10.1. The molecule has 192 valence electrons. The van der Waals surface area contributed by atoms with Crippen molar-refractivity contribution in [3.8, 4) is 0 Å². The fraction of sp³-hybridized carbons (Fsp3) is 0.565. The van der Waals surface area contributed by atoms with Crippen LogP contribution >= 0.6 is 0 Å². The van der Waals surface area contributed by atoms with Crippen molar-refractivity contribution in [3.05, 3.63) is 40.7 Å².